The average molecular weight is 509 g/mol. The van der Waals surface area contributed by atoms with E-state index in [1.54, 1.807) is 30.5 Å². The number of hydrogen-bond donors (Lipinski definition) is 1. The summed E-state index contributed by atoms with van der Waals surface area (Å²) in [5.74, 6) is -0.392. The summed E-state index contributed by atoms with van der Waals surface area (Å²) in [6.07, 6.45) is -0.746. The largest absolute Gasteiger partial charge is 0.416 e. The van der Waals surface area contributed by atoms with Crippen LogP contribution in [0.5, 0.6) is 0 Å². The first-order chi connectivity index (χ1) is 16.1. The maximum atomic E-state index is 13.4. The highest BCUT2D eigenvalue weighted by Gasteiger charge is 2.36. The van der Waals surface area contributed by atoms with Crippen molar-refractivity contribution >= 4 is 51.5 Å². The molecule has 0 aliphatic carbocycles. The van der Waals surface area contributed by atoms with Crippen molar-refractivity contribution in [2.24, 2.45) is 5.73 Å². The number of aromatic nitrogens is 2. The Kier molecular flexibility index (Phi) is 6.75. The Bertz CT molecular complexity index is 1310. The van der Waals surface area contributed by atoms with Crippen molar-refractivity contribution in [3.05, 3.63) is 69.2 Å². The summed E-state index contributed by atoms with van der Waals surface area (Å²) >= 11 is 6.61. The first kappa shape index (κ1) is 24.3. The van der Waals surface area contributed by atoms with Gasteiger partial charge in [0.05, 0.1) is 28.7 Å². The molecule has 1 fully saturated rings. The van der Waals surface area contributed by atoms with Crippen molar-refractivity contribution in [2.75, 3.05) is 6.54 Å². The van der Waals surface area contributed by atoms with Crippen LogP contribution in [0, 0.1) is 0 Å². The summed E-state index contributed by atoms with van der Waals surface area (Å²) in [5, 5.41) is 4.56. The van der Waals surface area contributed by atoms with Gasteiger partial charge in [0.25, 0.3) is 11.1 Å². The second-order valence-electron chi connectivity index (χ2n) is 7.88. The van der Waals surface area contributed by atoms with E-state index in [2.05, 4.69) is 5.10 Å². The highest BCUT2D eigenvalue weighted by molar-refractivity contribution is 8.18. The molecule has 1 atom stereocenters. The van der Waals surface area contributed by atoms with E-state index in [0.29, 0.717) is 22.9 Å². The molecule has 4 rings (SSSR count). The quantitative estimate of drug-likeness (QED) is 0.443. The number of benzene rings is 2. The standard InChI is InChI=1S/C23H20ClF3N4O2S/c1-2-17(28)12-30-21(32)20(34-22(30)33)8-13-3-6-19-15(7-13)10-29-31(19)11-14-4-5-16(24)9-18(14)23(25,26)27/h3-10,17H,2,11-12,28H2,1H3. The fourth-order valence-electron chi connectivity index (χ4n) is 3.61. The van der Waals surface area contributed by atoms with Crippen LogP contribution in [-0.4, -0.2) is 38.4 Å². The molecule has 11 heteroatoms. The second-order valence-corrected chi connectivity index (χ2v) is 9.31. The molecule has 178 valence electrons. The van der Waals surface area contributed by atoms with Gasteiger partial charge in [0.1, 0.15) is 0 Å². The maximum Gasteiger partial charge on any atom is 0.416 e. The van der Waals surface area contributed by atoms with Crippen molar-refractivity contribution in [3.63, 3.8) is 0 Å². The Balaban J connectivity index is 1.59. The van der Waals surface area contributed by atoms with Crippen molar-refractivity contribution in [1.82, 2.24) is 14.7 Å². The van der Waals surface area contributed by atoms with Crippen molar-refractivity contribution in [3.8, 4) is 0 Å². The van der Waals surface area contributed by atoms with Gasteiger partial charge in [-0.3, -0.25) is 19.2 Å². The van der Waals surface area contributed by atoms with E-state index >= 15 is 0 Å². The van der Waals surface area contributed by atoms with E-state index in [9.17, 15) is 22.8 Å². The van der Waals surface area contributed by atoms with Gasteiger partial charge >= 0.3 is 6.18 Å². The monoisotopic (exact) mass is 508 g/mol. The molecular formula is C23H20ClF3N4O2S. The Hall–Kier alpha value is -2.82. The van der Waals surface area contributed by atoms with E-state index in [1.807, 2.05) is 6.92 Å². The molecule has 0 saturated carbocycles. The van der Waals surface area contributed by atoms with Crippen molar-refractivity contribution in [1.29, 1.82) is 0 Å². The third-order valence-electron chi connectivity index (χ3n) is 5.48. The summed E-state index contributed by atoms with van der Waals surface area (Å²) in [6, 6.07) is 8.57. The molecule has 2 aromatic carbocycles. The fourth-order valence-corrected chi connectivity index (χ4v) is 4.63. The van der Waals surface area contributed by atoms with Gasteiger partial charge in [-0.25, -0.2) is 0 Å². The van der Waals surface area contributed by atoms with Gasteiger partial charge in [0.15, 0.2) is 0 Å². The minimum atomic E-state index is -4.54. The van der Waals surface area contributed by atoms with Crippen molar-refractivity contribution < 1.29 is 22.8 Å². The lowest BCUT2D eigenvalue weighted by Crippen LogP contribution is -2.39. The normalized spacial score (nSPS) is 16.8. The van der Waals surface area contributed by atoms with Gasteiger partial charge in [-0.15, -0.1) is 0 Å². The first-order valence-corrected chi connectivity index (χ1v) is 11.6. The van der Waals surface area contributed by atoms with Gasteiger partial charge in [-0.05, 0) is 59.7 Å². The number of alkyl halides is 3. The number of carbonyl (C=O) groups excluding carboxylic acids is 2. The SMILES string of the molecule is CCC(N)CN1C(=O)SC(=Cc2ccc3c(cnn3Cc3ccc(Cl)cc3C(F)(F)F)c2)C1=O. The molecule has 6 nitrogen and oxygen atoms in total. The summed E-state index contributed by atoms with van der Waals surface area (Å²) < 4.78 is 41.8. The van der Waals surface area contributed by atoms with Gasteiger partial charge in [0, 0.05) is 23.0 Å². The van der Waals surface area contributed by atoms with Crippen LogP contribution in [0.3, 0.4) is 0 Å². The lowest BCUT2D eigenvalue weighted by Gasteiger charge is -2.16. The van der Waals surface area contributed by atoms with Gasteiger partial charge < -0.3 is 5.73 Å². The van der Waals surface area contributed by atoms with Crippen molar-refractivity contribution in [2.45, 2.75) is 32.1 Å². The predicted molar refractivity (Wildman–Crippen MR) is 126 cm³/mol. The minimum absolute atomic E-state index is 0.00660. The van der Waals surface area contributed by atoms with Crippen LogP contribution in [0.2, 0.25) is 5.02 Å². The van der Waals surface area contributed by atoms with Crippen LogP contribution in [0.4, 0.5) is 18.0 Å². The molecule has 2 amide bonds. The molecule has 1 unspecified atom stereocenters. The molecular weight excluding hydrogens is 489 g/mol. The second kappa shape index (κ2) is 9.44. The van der Waals surface area contributed by atoms with E-state index < -0.39 is 17.6 Å². The predicted octanol–water partition coefficient (Wildman–Crippen LogP) is 5.53. The highest BCUT2D eigenvalue weighted by Crippen LogP contribution is 2.35. The third kappa shape index (κ3) is 4.98. The highest BCUT2D eigenvalue weighted by atomic mass is 35.5. The Labute approximate surface area is 202 Å². The number of thioether (sulfide) groups is 1. The number of carbonyl (C=O) groups is 2. The molecule has 2 heterocycles. The van der Waals surface area contributed by atoms with Gasteiger partial charge in [0.2, 0.25) is 0 Å². The molecule has 1 saturated heterocycles. The summed E-state index contributed by atoms with van der Waals surface area (Å²) in [4.78, 5) is 26.3. The zero-order valence-electron chi connectivity index (χ0n) is 18.0. The number of rotatable bonds is 6. The van der Waals surface area contributed by atoms with Gasteiger partial charge in [-0.1, -0.05) is 30.7 Å². The molecule has 0 radical (unpaired) electrons. The van der Waals surface area contributed by atoms with Crippen LogP contribution < -0.4 is 5.73 Å². The number of amides is 2. The number of imide groups is 1. The lowest BCUT2D eigenvalue weighted by molar-refractivity contribution is -0.138. The number of hydrogen-bond acceptors (Lipinski definition) is 5. The Morgan fingerprint density at radius 3 is 2.68 bits per heavy atom. The molecule has 3 aromatic rings. The van der Waals surface area contributed by atoms with Gasteiger partial charge in [-0.2, -0.15) is 18.3 Å². The number of halogens is 4. The zero-order chi connectivity index (χ0) is 24.6. The van der Waals surface area contributed by atoms with E-state index in [4.69, 9.17) is 17.3 Å². The maximum absolute atomic E-state index is 13.4. The van der Waals surface area contributed by atoms with Crippen LogP contribution in [0.1, 0.15) is 30.0 Å². The minimum Gasteiger partial charge on any atom is -0.326 e. The number of nitrogens with two attached hydrogens (primary N) is 1. The first-order valence-electron chi connectivity index (χ1n) is 10.4. The van der Waals surface area contributed by atoms with Crippen LogP contribution >= 0.6 is 23.4 Å². The Morgan fingerprint density at radius 2 is 1.97 bits per heavy atom. The molecule has 0 bridgehead atoms. The summed E-state index contributed by atoms with van der Waals surface area (Å²) in [7, 11) is 0. The molecule has 1 aliphatic heterocycles. The van der Waals surface area contributed by atoms with E-state index in [-0.39, 0.29) is 39.9 Å². The summed E-state index contributed by atoms with van der Waals surface area (Å²) in [6.45, 7) is 1.95. The average Bonchev–Trinajstić information content (AvgIpc) is 3.29. The van der Waals surface area contributed by atoms with E-state index in [1.165, 1.54) is 16.8 Å². The molecule has 0 spiro atoms. The Morgan fingerprint density at radius 1 is 1.21 bits per heavy atom. The fraction of sp³-hybridized carbons (Fsp3) is 0.261. The van der Waals surface area contributed by atoms with Crippen LogP contribution in [0.25, 0.3) is 17.0 Å². The van der Waals surface area contributed by atoms with Crippen LogP contribution in [-0.2, 0) is 17.5 Å². The third-order valence-corrected chi connectivity index (χ3v) is 6.62. The smallest absolute Gasteiger partial charge is 0.326 e. The summed E-state index contributed by atoms with van der Waals surface area (Å²) in [5.41, 5.74) is 6.42. The molecule has 34 heavy (non-hydrogen) atoms. The van der Waals surface area contributed by atoms with Crippen LogP contribution in [0.15, 0.2) is 47.5 Å². The molecule has 2 N–H and O–H groups in total. The number of fused-ring (bicyclic) bond motifs is 1. The zero-order valence-corrected chi connectivity index (χ0v) is 19.5. The van der Waals surface area contributed by atoms with E-state index in [0.717, 1.165) is 22.7 Å². The molecule has 1 aliphatic rings. The number of nitrogens with zero attached hydrogens (tertiary/aromatic N) is 3. The lowest BCUT2D eigenvalue weighted by atomic mass is 10.1. The topological polar surface area (TPSA) is 81.2 Å². The molecule has 1 aromatic heterocycles.